The van der Waals surface area contributed by atoms with Crippen molar-refractivity contribution in [3.05, 3.63) is 68.7 Å². The lowest BCUT2D eigenvalue weighted by atomic mass is 9.90. The SMILES string of the molecule is Cc1cc(C)cc(C(CN)Cc2c(Cl)cccc2Cl)c1. The summed E-state index contributed by atoms with van der Waals surface area (Å²) in [5.41, 5.74) is 10.7. The van der Waals surface area contributed by atoms with Crippen molar-refractivity contribution in [1.82, 2.24) is 0 Å². The first-order valence-electron chi connectivity index (χ1n) is 6.72. The van der Waals surface area contributed by atoms with E-state index in [9.17, 15) is 0 Å². The third-order valence-electron chi connectivity index (χ3n) is 3.51. The Balaban J connectivity index is 2.33. The van der Waals surface area contributed by atoms with E-state index in [0.29, 0.717) is 16.6 Å². The van der Waals surface area contributed by atoms with Crippen LogP contribution >= 0.6 is 23.2 Å². The van der Waals surface area contributed by atoms with Crippen LogP contribution in [0.4, 0.5) is 0 Å². The standard InChI is InChI=1S/C17H19Cl2N/c1-11-6-12(2)8-13(7-11)14(10-20)9-15-16(18)4-3-5-17(15)19/h3-8,14H,9-10,20H2,1-2H3. The molecule has 0 amide bonds. The van der Waals surface area contributed by atoms with Crippen LogP contribution in [0.25, 0.3) is 0 Å². The minimum atomic E-state index is 0.228. The van der Waals surface area contributed by atoms with Crippen LogP contribution in [-0.2, 0) is 6.42 Å². The lowest BCUT2D eigenvalue weighted by Crippen LogP contribution is -2.16. The molecule has 1 nitrogen and oxygen atoms in total. The van der Waals surface area contributed by atoms with Crippen LogP contribution in [0.2, 0.25) is 10.0 Å². The molecule has 2 aromatic carbocycles. The average molecular weight is 308 g/mol. The summed E-state index contributed by atoms with van der Waals surface area (Å²) < 4.78 is 0. The van der Waals surface area contributed by atoms with E-state index in [4.69, 9.17) is 28.9 Å². The van der Waals surface area contributed by atoms with Gasteiger partial charge in [-0.1, -0.05) is 58.6 Å². The minimum absolute atomic E-state index is 0.228. The molecule has 0 spiro atoms. The first-order chi connectivity index (χ1) is 9.51. The Hall–Kier alpha value is -1.02. The van der Waals surface area contributed by atoms with Crippen LogP contribution in [0.1, 0.15) is 28.2 Å². The van der Waals surface area contributed by atoms with Gasteiger partial charge in [-0.15, -0.1) is 0 Å². The second-order valence-corrected chi connectivity index (χ2v) is 6.07. The third kappa shape index (κ3) is 3.54. The van der Waals surface area contributed by atoms with E-state index in [1.807, 2.05) is 18.2 Å². The number of hydrogen-bond acceptors (Lipinski definition) is 1. The smallest absolute Gasteiger partial charge is 0.0453 e. The van der Waals surface area contributed by atoms with E-state index in [1.54, 1.807) is 0 Å². The zero-order valence-electron chi connectivity index (χ0n) is 11.8. The summed E-state index contributed by atoms with van der Waals surface area (Å²) in [7, 11) is 0. The van der Waals surface area contributed by atoms with E-state index in [2.05, 4.69) is 32.0 Å². The van der Waals surface area contributed by atoms with E-state index < -0.39 is 0 Å². The molecule has 2 N–H and O–H groups in total. The van der Waals surface area contributed by atoms with Crippen molar-refractivity contribution < 1.29 is 0 Å². The minimum Gasteiger partial charge on any atom is -0.330 e. The van der Waals surface area contributed by atoms with Gasteiger partial charge in [-0.25, -0.2) is 0 Å². The number of hydrogen-bond donors (Lipinski definition) is 1. The second-order valence-electron chi connectivity index (χ2n) is 5.26. The Morgan fingerprint density at radius 1 is 1.00 bits per heavy atom. The van der Waals surface area contributed by atoms with Gasteiger partial charge in [0.25, 0.3) is 0 Å². The topological polar surface area (TPSA) is 26.0 Å². The van der Waals surface area contributed by atoms with Gasteiger partial charge in [-0.05, 0) is 50.1 Å². The molecule has 0 aromatic heterocycles. The Morgan fingerprint density at radius 2 is 1.55 bits per heavy atom. The van der Waals surface area contributed by atoms with Gasteiger partial charge in [0, 0.05) is 16.0 Å². The second kappa shape index (κ2) is 6.62. The van der Waals surface area contributed by atoms with Crippen molar-refractivity contribution in [3.63, 3.8) is 0 Å². The molecule has 0 saturated heterocycles. The predicted molar refractivity (Wildman–Crippen MR) is 87.9 cm³/mol. The summed E-state index contributed by atoms with van der Waals surface area (Å²) in [5, 5.41) is 1.42. The van der Waals surface area contributed by atoms with Crippen LogP contribution < -0.4 is 5.73 Å². The molecule has 0 aliphatic heterocycles. The van der Waals surface area contributed by atoms with Gasteiger partial charge < -0.3 is 5.73 Å². The summed E-state index contributed by atoms with van der Waals surface area (Å²) in [4.78, 5) is 0. The highest BCUT2D eigenvalue weighted by molar-refractivity contribution is 6.36. The van der Waals surface area contributed by atoms with Crippen molar-refractivity contribution in [3.8, 4) is 0 Å². The Labute approximate surface area is 130 Å². The van der Waals surface area contributed by atoms with Crippen LogP contribution in [0.3, 0.4) is 0 Å². The lowest BCUT2D eigenvalue weighted by molar-refractivity contribution is 0.693. The maximum atomic E-state index is 6.26. The molecule has 20 heavy (non-hydrogen) atoms. The van der Waals surface area contributed by atoms with Crippen molar-refractivity contribution in [2.75, 3.05) is 6.54 Å². The molecule has 106 valence electrons. The molecule has 2 aromatic rings. The first kappa shape index (κ1) is 15.4. The molecule has 3 heteroatoms. The molecule has 0 bridgehead atoms. The number of halogens is 2. The normalized spacial score (nSPS) is 12.4. The number of aryl methyl sites for hydroxylation is 2. The highest BCUT2D eigenvalue weighted by atomic mass is 35.5. The predicted octanol–water partition coefficient (Wildman–Crippen LogP) is 4.90. The van der Waals surface area contributed by atoms with E-state index >= 15 is 0 Å². The van der Waals surface area contributed by atoms with Gasteiger partial charge in [-0.3, -0.25) is 0 Å². The van der Waals surface area contributed by atoms with E-state index in [0.717, 1.165) is 12.0 Å². The molecular formula is C17H19Cl2N. The van der Waals surface area contributed by atoms with Gasteiger partial charge in [0.1, 0.15) is 0 Å². The van der Waals surface area contributed by atoms with Crippen molar-refractivity contribution in [2.45, 2.75) is 26.2 Å². The van der Waals surface area contributed by atoms with Gasteiger partial charge in [0.2, 0.25) is 0 Å². The monoisotopic (exact) mass is 307 g/mol. The highest BCUT2D eigenvalue weighted by Gasteiger charge is 2.15. The summed E-state index contributed by atoms with van der Waals surface area (Å²) in [6.07, 6.45) is 0.762. The number of rotatable bonds is 4. The van der Waals surface area contributed by atoms with Gasteiger partial charge in [0.15, 0.2) is 0 Å². The van der Waals surface area contributed by atoms with Crippen molar-refractivity contribution >= 4 is 23.2 Å². The molecule has 0 aliphatic rings. The quantitative estimate of drug-likeness (QED) is 0.854. The summed E-state index contributed by atoms with van der Waals surface area (Å²) in [6, 6.07) is 12.2. The largest absolute Gasteiger partial charge is 0.330 e. The fourth-order valence-corrected chi connectivity index (χ4v) is 3.11. The van der Waals surface area contributed by atoms with Crippen LogP contribution in [0.15, 0.2) is 36.4 Å². The number of benzene rings is 2. The zero-order chi connectivity index (χ0) is 14.7. The molecule has 0 heterocycles. The summed E-state index contributed by atoms with van der Waals surface area (Å²) >= 11 is 12.5. The van der Waals surface area contributed by atoms with Gasteiger partial charge in [-0.2, -0.15) is 0 Å². The fraction of sp³-hybridized carbons (Fsp3) is 0.294. The zero-order valence-corrected chi connectivity index (χ0v) is 13.3. The molecule has 2 rings (SSSR count). The van der Waals surface area contributed by atoms with Crippen molar-refractivity contribution in [1.29, 1.82) is 0 Å². The number of nitrogens with two attached hydrogens (primary N) is 1. The molecule has 0 radical (unpaired) electrons. The van der Waals surface area contributed by atoms with Crippen LogP contribution in [-0.4, -0.2) is 6.54 Å². The third-order valence-corrected chi connectivity index (χ3v) is 4.22. The molecular weight excluding hydrogens is 289 g/mol. The molecule has 1 unspecified atom stereocenters. The van der Waals surface area contributed by atoms with Crippen LogP contribution in [0.5, 0.6) is 0 Å². The van der Waals surface area contributed by atoms with Crippen molar-refractivity contribution in [2.24, 2.45) is 5.73 Å². The lowest BCUT2D eigenvalue weighted by Gasteiger charge is -2.18. The van der Waals surface area contributed by atoms with E-state index in [1.165, 1.54) is 16.7 Å². The Bertz CT molecular complexity index is 567. The Morgan fingerprint density at radius 3 is 2.05 bits per heavy atom. The summed E-state index contributed by atoms with van der Waals surface area (Å²) in [6.45, 7) is 4.78. The maximum absolute atomic E-state index is 6.26. The highest BCUT2D eigenvalue weighted by Crippen LogP contribution is 2.30. The van der Waals surface area contributed by atoms with Gasteiger partial charge in [0.05, 0.1) is 0 Å². The van der Waals surface area contributed by atoms with Crippen LogP contribution in [0, 0.1) is 13.8 Å². The van der Waals surface area contributed by atoms with Gasteiger partial charge >= 0.3 is 0 Å². The molecule has 0 fully saturated rings. The molecule has 0 saturated carbocycles. The molecule has 0 aliphatic carbocycles. The fourth-order valence-electron chi connectivity index (χ4n) is 2.56. The maximum Gasteiger partial charge on any atom is 0.0453 e. The Kier molecular flexibility index (Phi) is 5.09. The first-order valence-corrected chi connectivity index (χ1v) is 7.48. The average Bonchev–Trinajstić information content (AvgIpc) is 2.37. The van der Waals surface area contributed by atoms with E-state index in [-0.39, 0.29) is 5.92 Å². The summed E-state index contributed by atoms with van der Waals surface area (Å²) in [5.74, 6) is 0.228. The molecule has 1 atom stereocenters.